The predicted molar refractivity (Wildman–Crippen MR) is 70.1 cm³/mol. The lowest BCUT2D eigenvalue weighted by atomic mass is 10.1. The Bertz CT molecular complexity index is 843. The van der Waals surface area contributed by atoms with Gasteiger partial charge in [-0.25, -0.2) is 13.6 Å². The number of hydrogen-bond donors (Lipinski definition) is 2. The number of pyridine rings is 1. The van der Waals surface area contributed by atoms with Crippen LogP contribution in [0.15, 0.2) is 17.1 Å². The molecule has 1 aromatic heterocycles. The molecule has 1 aromatic carbocycles. The van der Waals surface area contributed by atoms with Crippen LogP contribution in [0.4, 0.5) is 8.78 Å². The zero-order valence-electron chi connectivity index (χ0n) is 10.9. The quantitative estimate of drug-likeness (QED) is 0.889. The molecule has 1 aliphatic carbocycles. The molecule has 2 N–H and O–H groups in total. The molecule has 0 unspecified atom stereocenters. The number of aryl methyl sites for hydroxylation is 1. The molecule has 3 rings (SSSR count). The van der Waals surface area contributed by atoms with E-state index in [0.717, 1.165) is 12.3 Å². The first kappa shape index (κ1) is 13.5. The molecular formula is C14H11F2NO4. The average Bonchev–Trinajstić information content (AvgIpc) is 3.12. The number of rotatable bonds is 2. The second kappa shape index (κ2) is 4.28. The molecule has 0 amide bonds. The van der Waals surface area contributed by atoms with Crippen LogP contribution in [-0.2, 0) is 0 Å². The number of hydrogen-bond acceptors (Lipinski definition) is 3. The molecule has 0 bridgehead atoms. The summed E-state index contributed by atoms with van der Waals surface area (Å²) in [6.45, 7) is 1.39. The van der Waals surface area contributed by atoms with E-state index < -0.39 is 40.7 Å². The van der Waals surface area contributed by atoms with Gasteiger partial charge in [-0.2, -0.15) is 0 Å². The van der Waals surface area contributed by atoms with Crippen LogP contribution in [0.1, 0.15) is 28.4 Å². The third kappa shape index (κ3) is 1.88. The molecule has 0 radical (unpaired) electrons. The Balaban J connectivity index is 2.52. The minimum Gasteiger partial charge on any atom is -0.507 e. The summed E-state index contributed by atoms with van der Waals surface area (Å²) in [5.41, 5.74) is -1.39. The van der Waals surface area contributed by atoms with E-state index in [1.807, 2.05) is 0 Å². The Morgan fingerprint density at radius 2 is 2.10 bits per heavy atom. The number of carboxylic acids is 1. The second-order valence-corrected chi connectivity index (χ2v) is 5.13. The topological polar surface area (TPSA) is 79.5 Å². The molecule has 5 nitrogen and oxygen atoms in total. The standard InChI is InChI=1S/C14H11F2NO4/c1-5-7(15)3-10(18)11-12(5)17(9-2-8(9)16)4-6(13(11)19)14(20)21/h3-4,8-9,18H,2H2,1H3,(H,20,21)/t8-,9+/m0/s1. The molecule has 21 heavy (non-hydrogen) atoms. The van der Waals surface area contributed by atoms with Crippen molar-refractivity contribution in [1.29, 1.82) is 0 Å². The van der Waals surface area contributed by atoms with Gasteiger partial charge in [0.1, 0.15) is 23.3 Å². The normalized spacial score (nSPS) is 20.7. The SMILES string of the molecule is Cc1c(F)cc(O)c2c(=O)c(C(=O)O)cn([C@@H]3C[C@@H]3F)c12. The Morgan fingerprint density at radius 1 is 1.48 bits per heavy atom. The summed E-state index contributed by atoms with van der Waals surface area (Å²) in [6, 6.07) is 0.112. The smallest absolute Gasteiger partial charge is 0.341 e. The van der Waals surface area contributed by atoms with Crippen LogP contribution in [0, 0.1) is 12.7 Å². The highest BCUT2D eigenvalue weighted by atomic mass is 19.1. The highest BCUT2D eigenvalue weighted by Crippen LogP contribution is 2.42. The molecule has 110 valence electrons. The lowest BCUT2D eigenvalue weighted by molar-refractivity contribution is 0.0694. The van der Waals surface area contributed by atoms with Crippen LogP contribution < -0.4 is 5.43 Å². The van der Waals surface area contributed by atoms with Crippen molar-refractivity contribution in [3.8, 4) is 5.75 Å². The van der Waals surface area contributed by atoms with Crippen molar-refractivity contribution in [3.05, 3.63) is 39.4 Å². The van der Waals surface area contributed by atoms with Gasteiger partial charge in [0.05, 0.1) is 16.9 Å². The summed E-state index contributed by atoms with van der Waals surface area (Å²) in [4.78, 5) is 23.3. The fourth-order valence-electron chi connectivity index (χ4n) is 2.52. The number of carbonyl (C=O) groups is 1. The third-order valence-electron chi connectivity index (χ3n) is 3.74. The van der Waals surface area contributed by atoms with E-state index in [4.69, 9.17) is 5.11 Å². The molecule has 1 heterocycles. The second-order valence-electron chi connectivity index (χ2n) is 5.13. The number of benzene rings is 1. The van der Waals surface area contributed by atoms with Crippen LogP contribution in [0.5, 0.6) is 5.75 Å². The Kier molecular flexibility index (Phi) is 2.76. The molecule has 1 fully saturated rings. The van der Waals surface area contributed by atoms with Crippen LogP contribution in [0.2, 0.25) is 0 Å². The molecule has 0 spiro atoms. The molecular weight excluding hydrogens is 284 g/mol. The number of carboxylic acid groups (broad SMARTS) is 1. The Hall–Kier alpha value is -2.44. The monoisotopic (exact) mass is 295 g/mol. The van der Waals surface area contributed by atoms with Gasteiger partial charge in [0, 0.05) is 24.2 Å². The number of halogens is 2. The van der Waals surface area contributed by atoms with Gasteiger partial charge < -0.3 is 14.8 Å². The number of aromatic carboxylic acids is 1. The molecule has 1 saturated carbocycles. The van der Waals surface area contributed by atoms with Gasteiger partial charge in [0.2, 0.25) is 5.43 Å². The first-order chi connectivity index (χ1) is 9.82. The summed E-state index contributed by atoms with van der Waals surface area (Å²) in [7, 11) is 0. The van der Waals surface area contributed by atoms with Crippen molar-refractivity contribution in [2.24, 2.45) is 0 Å². The summed E-state index contributed by atoms with van der Waals surface area (Å²) >= 11 is 0. The van der Waals surface area contributed by atoms with Crippen molar-refractivity contribution in [2.75, 3.05) is 0 Å². The van der Waals surface area contributed by atoms with Crippen LogP contribution >= 0.6 is 0 Å². The predicted octanol–water partition coefficient (Wildman–Crippen LogP) is 2.14. The van der Waals surface area contributed by atoms with E-state index in [-0.39, 0.29) is 22.9 Å². The molecule has 7 heteroatoms. The van der Waals surface area contributed by atoms with Crippen molar-refractivity contribution in [2.45, 2.75) is 25.6 Å². The van der Waals surface area contributed by atoms with Crippen LogP contribution in [-0.4, -0.2) is 26.9 Å². The molecule has 1 aliphatic rings. The summed E-state index contributed by atoms with van der Waals surface area (Å²) in [5.74, 6) is -2.87. The first-order valence-corrected chi connectivity index (χ1v) is 6.27. The number of fused-ring (bicyclic) bond motifs is 1. The first-order valence-electron chi connectivity index (χ1n) is 6.27. The Morgan fingerprint density at radius 3 is 2.62 bits per heavy atom. The highest BCUT2D eigenvalue weighted by molar-refractivity contribution is 5.96. The fourth-order valence-corrected chi connectivity index (χ4v) is 2.52. The van der Waals surface area contributed by atoms with E-state index in [1.165, 1.54) is 11.5 Å². The largest absolute Gasteiger partial charge is 0.507 e. The van der Waals surface area contributed by atoms with E-state index in [2.05, 4.69) is 0 Å². The van der Waals surface area contributed by atoms with Gasteiger partial charge in [-0.15, -0.1) is 0 Å². The number of nitrogens with zero attached hydrogens (tertiary/aromatic N) is 1. The third-order valence-corrected chi connectivity index (χ3v) is 3.74. The summed E-state index contributed by atoms with van der Waals surface area (Å²) < 4.78 is 28.4. The van der Waals surface area contributed by atoms with Gasteiger partial charge in [-0.05, 0) is 6.92 Å². The molecule has 2 atom stereocenters. The Labute approximate surface area is 117 Å². The minimum absolute atomic E-state index is 0.0349. The number of aromatic nitrogens is 1. The number of phenolic OH excluding ortho intramolecular Hbond substituents is 1. The number of aromatic hydroxyl groups is 1. The lowest BCUT2D eigenvalue weighted by Crippen LogP contribution is -2.20. The average molecular weight is 295 g/mol. The van der Waals surface area contributed by atoms with E-state index >= 15 is 0 Å². The molecule has 0 aliphatic heterocycles. The van der Waals surface area contributed by atoms with Crippen LogP contribution in [0.25, 0.3) is 10.9 Å². The maximum atomic E-state index is 13.8. The van der Waals surface area contributed by atoms with Gasteiger partial charge >= 0.3 is 5.97 Å². The maximum Gasteiger partial charge on any atom is 0.341 e. The number of alkyl halides is 1. The van der Waals surface area contributed by atoms with Crippen molar-refractivity contribution in [1.82, 2.24) is 4.57 Å². The summed E-state index contributed by atoms with van der Waals surface area (Å²) in [5, 5.41) is 18.6. The molecule has 0 saturated heterocycles. The fraction of sp³-hybridized carbons (Fsp3) is 0.286. The van der Waals surface area contributed by atoms with Crippen LogP contribution in [0.3, 0.4) is 0 Å². The highest BCUT2D eigenvalue weighted by Gasteiger charge is 2.40. The zero-order valence-corrected chi connectivity index (χ0v) is 10.9. The minimum atomic E-state index is -1.48. The van der Waals surface area contributed by atoms with Crippen molar-refractivity contribution >= 4 is 16.9 Å². The number of phenols is 1. The van der Waals surface area contributed by atoms with E-state index in [0.29, 0.717) is 0 Å². The zero-order chi connectivity index (χ0) is 15.5. The lowest BCUT2D eigenvalue weighted by Gasteiger charge is -2.15. The van der Waals surface area contributed by atoms with Gasteiger partial charge in [-0.3, -0.25) is 4.79 Å². The van der Waals surface area contributed by atoms with E-state index in [9.17, 15) is 23.5 Å². The molecule has 2 aromatic rings. The van der Waals surface area contributed by atoms with Gasteiger partial charge in [-0.1, -0.05) is 0 Å². The van der Waals surface area contributed by atoms with Gasteiger partial charge in [0.15, 0.2) is 0 Å². The van der Waals surface area contributed by atoms with Crippen molar-refractivity contribution in [3.63, 3.8) is 0 Å². The maximum absolute atomic E-state index is 13.8. The van der Waals surface area contributed by atoms with Crippen molar-refractivity contribution < 1.29 is 23.8 Å². The summed E-state index contributed by atoms with van der Waals surface area (Å²) in [6.07, 6.45) is -0.00111. The van der Waals surface area contributed by atoms with Gasteiger partial charge in [0.25, 0.3) is 0 Å². The van der Waals surface area contributed by atoms with E-state index in [1.54, 1.807) is 0 Å².